The highest BCUT2D eigenvalue weighted by Crippen LogP contribution is 2.22. The van der Waals surface area contributed by atoms with E-state index in [0.717, 1.165) is 0 Å². The first-order valence-corrected chi connectivity index (χ1v) is 6.63. The Balaban J connectivity index is 2.55. The van der Waals surface area contributed by atoms with Crippen LogP contribution in [0.15, 0.2) is 12.1 Å². The second kappa shape index (κ2) is 6.41. The van der Waals surface area contributed by atoms with Crippen molar-refractivity contribution in [3.05, 3.63) is 21.9 Å². The molecule has 1 unspecified atom stereocenters. The third kappa shape index (κ3) is 4.38. The summed E-state index contributed by atoms with van der Waals surface area (Å²) in [6.07, 6.45) is 0.383. The molecule has 0 aromatic carbocycles. The van der Waals surface area contributed by atoms with Crippen LogP contribution in [0.5, 0.6) is 0 Å². The fourth-order valence-electron chi connectivity index (χ4n) is 1.44. The molecule has 0 aliphatic carbocycles. The van der Waals surface area contributed by atoms with Crippen molar-refractivity contribution < 1.29 is 14.3 Å². The molecule has 18 heavy (non-hydrogen) atoms. The Morgan fingerprint density at radius 3 is 2.78 bits per heavy atom. The Morgan fingerprint density at radius 1 is 1.56 bits per heavy atom. The van der Waals surface area contributed by atoms with Crippen LogP contribution in [-0.2, 0) is 15.9 Å². The Bertz CT molecular complexity index is 449. The molecule has 1 heterocycles. The van der Waals surface area contributed by atoms with Crippen LogP contribution < -0.4 is 0 Å². The zero-order valence-corrected chi connectivity index (χ0v) is 11.7. The summed E-state index contributed by atoms with van der Waals surface area (Å²) in [4.78, 5) is 13.7. The normalized spacial score (nSPS) is 13.4. The number of aryl methyl sites for hydroxylation is 2. The monoisotopic (exact) mass is 267 g/mol. The highest BCUT2D eigenvalue weighted by molar-refractivity contribution is 7.11. The number of rotatable bonds is 5. The Kier molecular flexibility index (Phi) is 5.17. The predicted molar refractivity (Wildman–Crippen MR) is 69.5 cm³/mol. The molecule has 0 fully saturated rings. The van der Waals surface area contributed by atoms with Crippen molar-refractivity contribution in [3.8, 4) is 6.07 Å². The van der Waals surface area contributed by atoms with E-state index in [2.05, 4.69) is 4.74 Å². The summed E-state index contributed by atoms with van der Waals surface area (Å²) in [6, 6.07) is 6.09. The molecule has 0 saturated heterocycles. The zero-order chi connectivity index (χ0) is 13.6. The van der Waals surface area contributed by atoms with Crippen LogP contribution in [0, 0.1) is 18.3 Å². The van der Waals surface area contributed by atoms with Crippen LogP contribution >= 0.6 is 11.3 Å². The summed E-state index contributed by atoms with van der Waals surface area (Å²) in [5, 5.41) is 9.11. The van der Waals surface area contributed by atoms with Gasteiger partial charge in [-0.3, -0.25) is 0 Å². The lowest BCUT2D eigenvalue weighted by molar-refractivity contribution is 0.000238. The van der Waals surface area contributed by atoms with Crippen molar-refractivity contribution in [1.82, 2.24) is 0 Å². The van der Waals surface area contributed by atoms with Gasteiger partial charge in [0.15, 0.2) is 5.60 Å². The van der Waals surface area contributed by atoms with Gasteiger partial charge in [-0.15, -0.1) is 11.3 Å². The number of thiophene rings is 1. The number of hydrogen-bond acceptors (Lipinski definition) is 5. The van der Waals surface area contributed by atoms with E-state index >= 15 is 0 Å². The van der Waals surface area contributed by atoms with Gasteiger partial charge in [0.05, 0.1) is 6.61 Å². The molecular weight excluding hydrogens is 250 g/mol. The second-order valence-electron chi connectivity index (χ2n) is 4.14. The molecule has 1 atom stereocenters. The lowest BCUT2D eigenvalue weighted by Crippen LogP contribution is -2.31. The van der Waals surface area contributed by atoms with Gasteiger partial charge >= 0.3 is 6.16 Å². The van der Waals surface area contributed by atoms with E-state index in [1.165, 1.54) is 9.75 Å². The lowest BCUT2D eigenvalue weighted by atomic mass is 10.0. The third-order valence-corrected chi connectivity index (χ3v) is 3.51. The molecule has 0 saturated carbocycles. The Labute approximate surface area is 111 Å². The van der Waals surface area contributed by atoms with Crippen LogP contribution in [0.3, 0.4) is 0 Å². The summed E-state index contributed by atoms with van der Waals surface area (Å²) in [5.74, 6) is 0. The van der Waals surface area contributed by atoms with Crippen LogP contribution in [0.2, 0.25) is 0 Å². The molecule has 0 amide bonds. The van der Waals surface area contributed by atoms with Crippen molar-refractivity contribution in [2.45, 2.75) is 39.2 Å². The smallest absolute Gasteiger partial charge is 0.435 e. The van der Waals surface area contributed by atoms with Gasteiger partial charge in [0, 0.05) is 16.2 Å². The molecule has 4 nitrogen and oxygen atoms in total. The van der Waals surface area contributed by atoms with Gasteiger partial charge < -0.3 is 9.47 Å². The van der Waals surface area contributed by atoms with Gasteiger partial charge in [-0.05, 0) is 39.3 Å². The molecule has 98 valence electrons. The molecule has 0 spiro atoms. The highest BCUT2D eigenvalue weighted by Gasteiger charge is 2.29. The van der Waals surface area contributed by atoms with Gasteiger partial charge in [-0.2, -0.15) is 5.26 Å². The summed E-state index contributed by atoms with van der Waals surface area (Å²) >= 11 is 1.69. The van der Waals surface area contributed by atoms with E-state index < -0.39 is 11.8 Å². The third-order valence-electron chi connectivity index (χ3n) is 2.45. The molecule has 0 aliphatic rings. The number of hydrogen-bond donors (Lipinski definition) is 0. The van der Waals surface area contributed by atoms with Gasteiger partial charge in [0.2, 0.25) is 0 Å². The molecule has 0 radical (unpaired) electrons. The largest absolute Gasteiger partial charge is 0.509 e. The fourth-order valence-corrected chi connectivity index (χ4v) is 2.33. The molecule has 0 aliphatic heterocycles. The maximum atomic E-state index is 11.2. The summed E-state index contributed by atoms with van der Waals surface area (Å²) in [5.41, 5.74) is -1.13. The summed E-state index contributed by atoms with van der Waals surface area (Å²) in [7, 11) is 0. The maximum Gasteiger partial charge on any atom is 0.509 e. The van der Waals surface area contributed by atoms with Crippen LogP contribution in [-0.4, -0.2) is 18.4 Å². The zero-order valence-electron chi connectivity index (χ0n) is 10.9. The fraction of sp³-hybridized carbons (Fsp3) is 0.538. The Hall–Kier alpha value is -1.54. The lowest BCUT2D eigenvalue weighted by Gasteiger charge is -2.20. The topological polar surface area (TPSA) is 59.3 Å². The van der Waals surface area contributed by atoms with Crippen LogP contribution in [0.25, 0.3) is 0 Å². The van der Waals surface area contributed by atoms with Crippen molar-refractivity contribution in [2.75, 3.05) is 6.61 Å². The van der Waals surface area contributed by atoms with E-state index in [1.54, 1.807) is 25.2 Å². The number of ether oxygens (including phenoxy) is 2. The van der Waals surface area contributed by atoms with E-state index in [0.29, 0.717) is 12.8 Å². The second-order valence-corrected chi connectivity index (χ2v) is 5.51. The van der Waals surface area contributed by atoms with E-state index in [1.807, 2.05) is 25.1 Å². The minimum atomic E-state index is -1.13. The summed E-state index contributed by atoms with van der Waals surface area (Å²) < 4.78 is 9.72. The first kappa shape index (κ1) is 14.5. The van der Waals surface area contributed by atoms with E-state index in [-0.39, 0.29) is 6.61 Å². The van der Waals surface area contributed by atoms with E-state index in [9.17, 15) is 4.79 Å². The van der Waals surface area contributed by atoms with Crippen LogP contribution in [0.4, 0.5) is 4.79 Å². The van der Waals surface area contributed by atoms with E-state index in [4.69, 9.17) is 10.00 Å². The van der Waals surface area contributed by atoms with Crippen molar-refractivity contribution >= 4 is 17.5 Å². The quantitative estimate of drug-likeness (QED) is 0.767. The number of carbonyl (C=O) groups excluding carboxylic acids is 1. The maximum absolute atomic E-state index is 11.2. The van der Waals surface area contributed by atoms with Gasteiger partial charge in [0.1, 0.15) is 6.07 Å². The average Bonchev–Trinajstić information content (AvgIpc) is 2.73. The van der Waals surface area contributed by atoms with Gasteiger partial charge in [-0.25, -0.2) is 4.79 Å². The molecule has 1 aromatic rings. The van der Waals surface area contributed by atoms with Gasteiger partial charge in [0.25, 0.3) is 0 Å². The van der Waals surface area contributed by atoms with Gasteiger partial charge in [-0.1, -0.05) is 0 Å². The summed E-state index contributed by atoms with van der Waals surface area (Å²) in [6.45, 7) is 5.57. The first-order valence-electron chi connectivity index (χ1n) is 5.81. The molecule has 1 aromatic heterocycles. The molecule has 5 heteroatoms. The SMILES string of the molecule is CCOC(=O)OC(C)(C#N)CCc1ccc(C)s1. The minimum absolute atomic E-state index is 0.241. The number of nitriles is 1. The number of nitrogens with zero attached hydrogens (tertiary/aromatic N) is 1. The van der Waals surface area contributed by atoms with Crippen LogP contribution in [0.1, 0.15) is 30.0 Å². The number of carbonyl (C=O) groups is 1. The first-order chi connectivity index (χ1) is 8.49. The van der Waals surface area contributed by atoms with Crippen molar-refractivity contribution in [2.24, 2.45) is 0 Å². The van der Waals surface area contributed by atoms with Crippen molar-refractivity contribution in [3.63, 3.8) is 0 Å². The molecule has 0 N–H and O–H groups in total. The average molecular weight is 267 g/mol. The molecular formula is C13H17NO3S. The molecule has 0 bridgehead atoms. The Morgan fingerprint density at radius 2 is 2.28 bits per heavy atom. The standard InChI is InChI=1S/C13H17NO3S/c1-4-16-12(15)17-13(3,9-14)8-7-11-6-5-10(2)18-11/h5-6H,4,7-8H2,1-3H3. The molecule has 1 rings (SSSR count). The predicted octanol–water partition coefficient (Wildman–Crippen LogP) is 3.44. The minimum Gasteiger partial charge on any atom is -0.435 e. The highest BCUT2D eigenvalue weighted by atomic mass is 32.1. The van der Waals surface area contributed by atoms with Crippen molar-refractivity contribution in [1.29, 1.82) is 5.26 Å².